The molecule has 0 radical (unpaired) electrons. The van der Waals surface area contributed by atoms with Gasteiger partial charge in [-0.1, -0.05) is 12.2 Å². The Bertz CT molecular complexity index is 2470. The van der Waals surface area contributed by atoms with Gasteiger partial charge in [-0.15, -0.1) is 0 Å². The second kappa shape index (κ2) is 16.2. The van der Waals surface area contributed by atoms with Gasteiger partial charge in [-0.05, 0) is 77.1 Å². The Morgan fingerprint density at radius 1 is 0.800 bits per heavy atom. The fourth-order valence-electron chi connectivity index (χ4n) is 6.26. The molecule has 17 nitrogen and oxygen atoms in total. The molecule has 55 heavy (non-hydrogen) atoms. The van der Waals surface area contributed by atoms with Crippen LogP contribution < -0.4 is 21.1 Å². The summed E-state index contributed by atoms with van der Waals surface area (Å²) in [6.07, 6.45) is 4.06. The largest absolute Gasteiger partial charge is 0.491 e. The van der Waals surface area contributed by atoms with Gasteiger partial charge in [-0.25, -0.2) is 9.97 Å². The van der Waals surface area contributed by atoms with Crippen molar-refractivity contribution in [1.29, 1.82) is 0 Å². The highest BCUT2D eigenvalue weighted by molar-refractivity contribution is 6.05. The van der Waals surface area contributed by atoms with Crippen LogP contribution in [0.15, 0.2) is 54.6 Å². The maximum atomic E-state index is 13.6. The summed E-state index contributed by atoms with van der Waals surface area (Å²) < 4.78 is 12.8. The number of primary amides is 1. The number of hydrogen-bond acceptors (Lipinski definition) is 10. The fourth-order valence-corrected chi connectivity index (χ4v) is 6.26. The molecule has 2 aromatic carbocycles. The van der Waals surface area contributed by atoms with Gasteiger partial charge in [0.2, 0.25) is 17.8 Å². The molecule has 3 amide bonds. The number of carbonyl (C=O) groups is 4. The van der Waals surface area contributed by atoms with Crippen molar-refractivity contribution in [2.75, 3.05) is 23.8 Å². The number of carbonyl (C=O) groups excluding carboxylic acids is 4. The number of ether oxygens (including phenoxy) is 1. The topological polar surface area (TPSA) is 219 Å². The lowest BCUT2D eigenvalue weighted by atomic mass is 10.1. The predicted molar refractivity (Wildman–Crippen MR) is 206 cm³/mol. The molecule has 0 saturated heterocycles. The average molecular weight is 750 g/mol. The van der Waals surface area contributed by atoms with E-state index in [-0.39, 0.29) is 55.5 Å². The number of anilines is 2. The van der Waals surface area contributed by atoms with Gasteiger partial charge in [0.25, 0.3) is 11.8 Å². The number of hydrogen-bond donors (Lipinski definition) is 4. The van der Waals surface area contributed by atoms with E-state index in [0.717, 1.165) is 0 Å². The highest BCUT2D eigenvalue weighted by Gasteiger charge is 2.22. The summed E-state index contributed by atoms with van der Waals surface area (Å²) in [5.74, 6) is -0.869. The Kier molecular flexibility index (Phi) is 11.2. The number of allylic oxidation sites excluding steroid dienone is 2. The minimum Gasteiger partial charge on any atom is -0.491 e. The van der Waals surface area contributed by atoms with Gasteiger partial charge >= 0.3 is 0 Å². The molecule has 0 atom stereocenters. The van der Waals surface area contributed by atoms with Gasteiger partial charge in [-0.3, -0.25) is 39.2 Å². The lowest BCUT2D eigenvalue weighted by Crippen LogP contribution is -2.20. The Balaban J connectivity index is 1.38. The maximum absolute atomic E-state index is 13.6. The number of nitrogens with two attached hydrogens (primary N) is 1. The first-order valence-corrected chi connectivity index (χ1v) is 17.9. The van der Waals surface area contributed by atoms with Crippen molar-refractivity contribution >= 4 is 57.5 Å². The molecule has 0 saturated carbocycles. The van der Waals surface area contributed by atoms with Crippen molar-refractivity contribution in [2.45, 2.75) is 67.2 Å². The summed E-state index contributed by atoms with van der Waals surface area (Å²) in [5, 5.41) is 24.0. The van der Waals surface area contributed by atoms with Gasteiger partial charge < -0.3 is 24.7 Å². The molecule has 0 fully saturated rings. The van der Waals surface area contributed by atoms with Gasteiger partial charge in [0.05, 0.1) is 34.5 Å². The standard InChI is InChI=1S/C38H43N11O6/c1-6-48-30(17-22(3)44-48)35(53)42-37-40-27-19-25(24(5)51)11-12-29(27)46(37)13-8-9-14-47-33-28(20-26(34(39)52)21-32(33)55-16-10-15-50)41-38(47)43-36(54)31-18-23(4)45-49(31)7-2/h8-9,11-12,17-21,50H,6-7,10,13-16H2,1-5H3,(H2,39,52)(H,40,42,53)(H,41,43,54)/b9-8+. The highest BCUT2D eigenvalue weighted by atomic mass is 16.5. The Morgan fingerprint density at radius 2 is 1.36 bits per heavy atom. The average Bonchev–Trinajstić information content (AvgIpc) is 3.92. The number of aliphatic hydroxyl groups excluding tert-OH is 1. The van der Waals surface area contributed by atoms with E-state index in [1.807, 2.05) is 37.5 Å². The van der Waals surface area contributed by atoms with E-state index in [0.29, 0.717) is 75.7 Å². The Hall–Kier alpha value is -6.62. The molecule has 0 aliphatic carbocycles. The molecule has 0 unspecified atom stereocenters. The van der Waals surface area contributed by atoms with E-state index in [4.69, 9.17) is 10.5 Å². The van der Waals surface area contributed by atoms with Crippen LogP contribution >= 0.6 is 0 Å². The van der Waals surface area contributed by atoms with Crippen LogP contribution in [0.1, 0.15) is 80.3 Å². The normalized spacial score (nSPS) is 11.5. The number of fused-ring (bicyclic) bond motifs is 2. The molecule has 5 N–H and O–H groups in total. The predicted octanol–water partition coefficient (Wildman–Crippen LogP) is 4.26. The molecule has 4 heterocycles. The number of benzene rings is 2. The SMILES string of the molecule is CCn1nc(C)cc1C(=O)Nc1nc2cc(C(C)=O)ccc2n1C/C=C/Cn1c(NC(=O)c2cc(C)nn2CC)nc2cc(C(N)=O)cc(OCCCO)c21. The molecule has 4 aromatic heterocycles. The Morgan fingerprint density at radius 3 is 1.93 bits per heavy atom. The van der Waals surface area contributed by atoms with Crippen LogP contribution in [-0.4, -0.2) is 80.5 Å². The molecule has 6 rings (SSSR count). The van der Waals surface area contributed by atoms with Gasteiger partial charge in [0.15, 0.2) is 5.78 Å². The molecule has 6 aromatic rings. The second-order valence-corrected chi connectivity index (χ2v) is 12.8. The van der Waals surface area contributed by atoms with Gasteiger partial charge in [-0.2, -0.15) is 10.2 Å². The molecular formula is C38H43N11O6. The van der Waals surface area contributed by atoms with Crippen molar-refractivity contribution in [1.82, 2.24) is 38.7 Å². The monoisotopic (exact) mass is 749 g/mol. The number of ketones is 1. The number of rotatable bonds is 16. The number of amides is 3. The van der Waals surface area contributed by atoms with Gasteiger partial charge in [0.1, 0.15) is 22.7 Å². The zero-order chi connectivity index (χ0) is 39.4. The molecule has 17 heteroatoms. The first-order chi connectivity index (χ1) is 26.4. The van der Waals surface area contributed by atoms with Crippen LogP contribution in [0.4, 0.5) is 11.9 Å². The lowest BCUT2D eigenvalue weighted by molar-refractivity contribution is 0.0994. The fraction of sp³-hybridized carbons (Fsp3) is 0.316. The van der Waals surface area contributed by atoms with Crippen molar-refractivity contribution < 1.29 is 29.0 Å². The number of aliphatic hydroxyl groups is 1. The smallest absolute Gasteiger partial charge is 0.276 e. The van der Waals surface area contributed by atoms with Crippen molar-refractivity contribution in [3.8, 4) is 5.75 Å². The summed E-state index contributed by atoms with van der Waals surface area (Å²) in [6.45, 7) is 10.3. The van der Waals surface area contributed by atoms with Crippen LogP contribution in [0.2, 0.25) is 0 Å². The summed E-state index contributed by atoms with van der Waals surface area (Å²) in [6, 6.07) is 11.6. The third-order valence-electron chi connectivity index (χ3n) is 8.87. The summed E-state index contributed by atoms with van der Waals surface area (Å²) in [4.78, 5) is 60.9. The number of nitrogens with one attached hydrogen (secondary N) is 2. The van der Waals surface area contributed by atoms with Crippen LogP contribution in [0.25, 0.3) is 22.1 Å². The van der Waals surface area contributed by atoms with Crippen molar-refractivity contribution in [3.63, 3.8) is 0 Å². The summed E-state index contributed by atoms with van der Waals surface area (Å²) in [5.41, 5.74) is 10.5. The molecule has 0 spiro atoms. The number of aromatic nitrogens is 8. The van der Waals surface area contributed by atoms with E-state index in [1.54, 1.807) is 51.2 Å². The molecule has 0 aliphatic heterocycles. The third-order valence-corrected chi connectivity index (χ3v) is 8.87. The summed E-state index contributed by atoms with van der Waals surface area (Å²) in [7, 11) is 0. The van der Waals surface area contributed by atoms with Crippen LogP contribution in [0, 0.1) is 13.8 Å². The zero-order valence-corrected chi connectivity index (χ0v) is 31.3. The third kappa shape index (κ3) is 8.01. The van der Waals surface area contributed by atoms with Crippen LogP contribution in [0.3, 0.4) is 0 Å². The molecule has 286 valence electrons. The molecular weight excluding hydrogens is 706 g/mol. The van der Waals surface area contributed by atoms with Crippen molar-refractivity contribution in [2.24, 2.45) is 5.73 Å². The first kappa shape index (κ1) is 38.1. The lowest BCUT2D eigenvalue weighted by Gasteiger charge is -2.13. The van der Waals surface area contributed by atoms with E-state index < -0.39 is 11.8 Å². The second-order valence-electron chi connectivity index (χ2n) is 12.8. The maximum Gasteiger partial charge on any atom is 0.276 e. The quantitative estimate of drug-likeness (QED) is 0.0626. The summed E-state index contributed by atoms with van der Waals surface area (Å²) >= 11 is 0. The minimum absolute atomic E-state index is 0.101. The van der Waals surface area contributed by atoms with E-state index in [1.165, 1.54) is 19.1 Å². The van der Waals surface area contributed by atoms with Crippen LogP contribution in [-0.2, 0) is 26.2 Å². The van der Waals surface area contributed by atoms with E-state index in [9.17, 15) is 24.3 Å². The number of Topliss-reactive ketones (excluding diaryl/α,β-unsaturated/α-hetero) is 1. The van der Waals surface area contributed by atoms with Crippen molar-refractivity contribution in [3.05, 3.63) is 88.5 Å². The number of imidazole rings is 2. The van der Waals surface area contributed by atoms with E-state index in [2.05, 4.69) is 30.8 Å². The van der Waals surface area contributed by atoms with Crippen LogP contribution in [0.5, 0.6) is 5.75 Å². The Labute approximate surface area is 315 Å². The number of aryl methyl sites for hydroxylation is 4. The first-order valence-electron chi connectivity index (χ1n) is 17.9. The van der Waals surface area contributed by atoms with E-state index >= 15 is 0 Å². The molecule has 0 bridgehead atoms. The zero-order valence-electron chi connectivity index (χ0n) is 31.3. The highest BCUT2D eigenvalue weighted by Crippen LogP contribution is 2.32. The van der Waals surface area contributed by atoms with Gasteiger partial charge in [0, 0.05) is 50.3 Å². The minimum atomic E-state index is -0.684. The molecule has 0 aliphatic rings. The number of nitrogens with zero attached hydrogens (tertiary/aromatic N) is 8.